The van der Waals surface area contributed by atoms with Crippen molar-refractivity contribution in [3.8, 4) is 0 Å². The molecule has 0 radical (unpaired) electrons. The highest BCUT2D eigenvalue weighted by molar-refractivity contribution is 7.09. The average molecular weight is 330 g/mol. The van der Waals surface area contributed by atoms with Crippen LogP contribution in [0, 0.1) is 11.7 Å². The first-order chi connectivity index (χ1) is 11.2. The Morgan fingerprint density at radius 2 is 2.22 bits per heavy atom. The Morgan fingerprint density at radius 3 is 3.00 bits per heavy atom. The van der Waals surface area contributed by atoms with Gasteiger partial charge in [0.05, 0.1) is 5.01 Å². The van der Waals surface area contributed by atoms with E-state index in [-0.39, 0.29) is 23.6 Å². The molecule has 1 aliphatic carbocycles. The lowest BCUT2D eigenvalue weighted by Gasteiger charge is -2.32. The van der Waals surface area contributed by atoms with Crippen LogP contribution in [-0.2, 0) is 4.79 Å². The quantitative estimate of drug-likeness (QED) is 0.858. The van der Waals surface area contributed by atoms with Crippen LogP contribution in [0.15, 0.2) is 35.8 Å². The molecule has 3 atom stereocenters. The fourth-order valence-corrected chi connectivity index (χ4v) is 4.40. The van der Waals surface area contributed by atoms with Gasteiger partial charge in [0.2, 0.25) is 5.91 Å². The van der Waals surface area contributed by atoms with E-state index < -0.39 is 0 Å². The number of piperidine rings is 1. The summed E-state index contributed by atoms with van der Waals surface area (Å²) in [4.78, 5) is 19.1. The number of rotatable bonds is 3. The molecule has 1 aromatic heterocycles. The molecular formula is C18H19FN2OS. The number of likely N-dealkylation sites (tertiary alicyclic amines) is 1. The van der Waals surface area contributed by atoms with Crippen molar-refractivity contribution in [2.75, 3.05) is 13.1 Å². The van der Waals surface area contributed by atoms with Crippen LogP contribution in [0.5, 0.6) is 0 Å². The lowest BCUT2D eigenvalue weighted by atomic mass is 9.98. The van der Waals surface area contributed by atoms with Crippen molar-refractivity contribution < 1.29 is 9.18 Å². The Labute approximate surface area is 139 Å². The molecule has 5 heteroatoms. The Bertz CT molecular complexity index is 703. The van der Waals surface area contributed by atoms with Crippen molar-refractivity contribution in [1.29, 1.82) is 0 Å². The van der Waals surface area contributed by atoms with Gasteiger partial charge in [0.15, 0.2) is 0 Å². The summed E-state index contributed by atoms with van der Waals surface area (Å²) < 4.78 is 13.9. The summed E-state index contributed by atoms with van der Waals surface area (Å²) in [5.41, 5.74) is 0.694. The van der Waals surface area contributed by atoms with Gasteiger partial charge in [-0.05, 0) is 36.8 Å². The number of benzene rings is 1. The van der Waals surface area contributed by atoms with Crippen molar-refractivity contribution in [3.05, 3.63) is 52.2 Å². The molecule has 2 heterocycles. The molecule has 2 fully saturated rings. The van der Waals surface area contributed by atoms with Gasteiger partial charge in [-0.1, -0.05) is 18.2 Å². The van der Waals surface area contributed by atoms with Gasteiger partial charge in [-0.25, -0.2) is 9.37 Å². The maximum Gasteiger partial charge on any atom is 0.226 e. The van der Waals surface area contributed by atoms with Crippen LogP contribution in [0.1, 0.15) is 41.7 Å². The summed E-state index contributed by atoms with van der Waals surface area (Å²) in [6, 6.07) is 6.83. The van der Waals surface area contributed by atoms with Gasteiger partial charge in [-0.15, -0.1) is 11.3 Å². The first-order valence-corrected chi connectivity index (χ1v) is 9.04. The van der Waals surface area contributed by atoms with Crippen LogP contribution in [0.2, 0.25) is 0 Å². The third-order valence-electron chi connectivity index (χ3n) is 4.95. The Hall–Kier alpha value is -1.75. The molecule has 1 saturated carbocycles. The third-order valence-corrected chi connectivity index (χ3v) is 5.88. The predicted octanol–water partition coefficient (Wildman–Crippen LogP) is 3.79. The Balaban J connectivity index is 1.43. The topological polar surface area (TPSA) is 33.2 Å². The van der Waals surface area contributed by atoms with Gasteiger partial charge >= 0.3 is 0 Å². The van der Waals surface area contributed by atoms with E-state index >= 15 is 0 Å². The third kappa shape index (κ3) is 2.90. The second kappa shape index (κ2) is 6.04. The molecule has 1 saturated heterocycles. The summed E-state index contributed by atoms with van der Waals surface area (Å²) in [5.74, 6) is 0.385. The highest BCUT2D eigenvalue weighted by atomic mass is 32.1. The number of halogens is 1. The minimum Gasteiger partial charge on any atom is -0.342 e. The van der Waals surface area contributed by atoms with Crippen LogP contribution in [0.25, 0.3) is 0 Å². The van der Waals surface area contributed by atoms with Crippen molar-refractivity contribution in [1.82, 2.24) is 9.88 Å². The van der Waals surface area contributed by atoms with Crippen LogP contribution in [0.4, 0.5) is 4.39 Å². The fourth-order valence-electron chi connectivity index (χ4n) is 3.64. The van der Waals surface area contributed by atoms with Gasteiger partial charge in [-0.3, -0.25) is 4.79 Å². The van der Waals surface area contributed by atoms with Gasteiger partial charge in [-0.2, -0.15) is 0 Å². The smallest absolute Gasteiger partial charge is 0.226 e. The van der Waals surface area contributed by atoms with Crippen LogP contribution >= 0.6 is 11.3 Å². The Morgan fingerprint density at radius 1 is 1.35 bits per heavy atom. The van der Waals surface area contributed by atoms with Crippen molar-refractivity contribution in [2.45, 2.75) is 31.1 Å². The first-order valence-electron chi connectivity index (χ1n) is 8.16. The van der Waals surface area contributed by atoms with E-state index in [1.807, 2.05) is 28.6 Å². The molecule has 3 nitrogen and oxygen atoms in total. The number of aromatic nitrogens is 1. The number of hydrogen-bond donors (Lipinski definition) is 0. The molecule has 2 aliphatic rings. The lowest BCUT2D eigenvalue weighted by molar-refractivity contribution is -0.133. The van der Waals surface area contributed by atoms with E-state index in [9.17, 15) is 9.18 Å². The van der Waals surface area contributed by atoms with Gasteiger partial charge < -0.3 is 4.90 Å². The SMILES string of the molecule is O=C(C1CC1c1ccccc1F)N1CCCC(c2nccs2)C1. The fraction of sp³-hybridized carbons (Fsp3) is 0.444. The maximum absolute atomic E-state index is 13.9. The number of thiazole rings is 1. The summed E-state index contributed by atoms with van der Waals surface area (Å²) in [6.45, 7) is 1.58. The summed E-state index contributed by atoms with van der Waals surface area (Å²) >= 11 is 1.67. The number of nitrogens with zero attached hydrogens (tertiary/aromatic N) is 2. The molecule has 2 aromatic rings. The van der Waals surface area contributed by atoms with E-state index in [0.29, 0.717) is 11.5 Å². The molecule has 120 valence electrons. The zero-order valence-corrected chi connectivity index (χ0v) is 13.6. The van der Waals surface area contributed by atoms with E-state index in [2.05, 4.69) is 4.98 Å². The summed E-state index contributed by atoms with van der Waals surface area (Å²) in [7, 11) is 0. The Kier molecular flexibility index (Phi) is 3.89. The standard InChI is InChI=1S/C18H19FN2OS/c19-16-6-2-1-5-13(16)14-10-15(14)18(22)21-8-3-4-12(11-21)17-20-7-9-23-17/h1-2,5-7,9,12,14-15H,3-4,8,10-11H2. The highest BCUT2D eigenvalue weighted by Crippen LogP contribution is 2.49. The number of amides is 1. The van der Waals surface area contributed by atoms with E-state index in [0.717, 1.165) is 37.4 Å². The largest absolute Gasteiger partial charge is 0.342 e. The predicted molar refractivity (Wildman–Crippen MR) is 87.9 cm³/mol. The molecule has 0 N–H and O–H groups in total. The second-order valence-corrected chi connectivity index (χ2v) is 7.39. The van der Waals surface area contributed by atoms with E-state index in [1.165, 1.54) is 6.07 Å². The summed E-state index contributed by atoms with van der Waals surface area (Å²) in [6.07, 6.45) is 4.72. The summed E-state index contributed by atoms with van der Waals surface area (Å²) in [5, 5.41) is 3.12. The molecule has 1 amide bonds. The van der Waals surface area contributed by atoms with E-state index in [1.54, 1.807) is 17.4 Å². The van der Waals surface area contributed by atoms with Crippen molar-refractivity contribution in [2.24, 2.45) is 5.92 Å². The monoisotopic (exact) mass is 330 g/mol. The minimum absolute atomic E-state index is 0.0399. The highest BCUT2D eigenvalue weighted by Gasteiger charge is 2.47. The maximum atomic E-state index is 13.9. The minimum atomic E-state index is -0.188. The average Bonchev–Trinajstić information content (AvgIpc) is 3.17. The van der Waals surface area contributed by atoms with Crippen LogP contribution in [0.3, 0.4) is 0 Å². The lowest BCUT2D eigenvalue weighted by Crippen LogP contribution is -2.40. The molecule has 4 rings (SSSR count). The van der Waals surface area contributed by atoms with E-state index in [4.69, 9.17) is 0 Å². The zero-order valence-electron chi connectivity index (χ0n) is 12.8. The van der Waals surface area contributed by atoms with Crippen LogP contribution in [-0.4, -0.2) is 28.9 Å². The second-order valence-electron chi connectivity index (χ2n) is 6.46. The normalized spacial score (nSPS) is 27.0. The number of carbonyl (C=O) groups excluding carboxylic acids is 1. The van der Waals surface area contributed by atoms with Crippen molar-refractivity contribution >= 4 is 17.2 Å². The molecule has 3 unspecified atom stereocenters. The first kappa shape index (κ1) is 14.8. The zero-order chi connectivity index (χ0) is 15.8. The molecule has 23 heavy (non-hydrogen) atoms. The molecule has 1 aliphatic heterocycles. The molecule has 0 bridgehead atoms. The van der Waals surface area contributed by atoms with Gasteiger partial charge in [0, 0.05) is 36.5 Å². The number of hydrogen-bond acceptors (Lipinski definition) is 3. The molecule has 1 aromatic carbocycles. The number of carbonyl (C=O) groups is 1. The molecular weight excluding hydrogens is 311 g/mol. The van der Waals surface area contributed by atoms with Crippen LogP contribution < -0.4 is 0 Å². The van der Waals surface area contributed by atoms with Gasteiger partial charge in [0.1, 0.15) is 5.82 Å². The van der Waals surface area contributed by atoms with Crippen molar-refractivity contribution in [3.63, 3.8) is 0 Å². The molecule has 0 spiro atoms. The van der Waals surface area contributed by atoms with Gasteiger partial charge in [0.25, 0.3) is 0 Å².